The van der Waals surface area contributed by atoms with Crippen LogP contribution in [0.25, 0.3) is 0 Å². The van der Waals surface area contributed by atoms with Gasteiger partial charge in [-0.3, -0.25) is 4.72 Å². The number of carboxylic acid groups (broad SMARTS) is 1. The number of anilines is 1. The Hall–Kier alpha value is -1.74. The molecule has 0 unspecified atom stereocenters. The third-order valence-electron chi connectivity index (χ3n) is 2.21. The van der Waals surface area contributed by atoms with Gasteiger partial charge in [-0.15, -0.1) is 0 Å². The number of aromatic carboxylic acids is 1. The number of hydrogen-bond donors (Lipinski definition) is 3. The topological polar surface area (TPSA) is 95.5 Å². The molecule has 0 aromatic heterocycles. The van der Waals surface area contributed by atoms with Gasteiger partial charge in [0, 0.05) is 12.6 Å². The highest BCUT2D eigenvalue weighted by Crippen LogP contribution is 2.20. The molecule has 0 aliphatic carbocycles. The number of benzene rings is 1. The summed E-state index contributed by atoms with van der Waals surface area (Å²) >= 11 is 0. The van der Waals surface area contributed by atoms with Crippen LogP contribution in [-0.4, -0.2) is 26.0 Å². The second-order valence-corrected chi connectivity index (χ2v) is 5.96. The van der Waals surface area contributed by atoms with Crippen molar-refractivity contribution in [2.24, 2.45) is 5.92 Å². The molecule has 0 aliphatic rings. The van der Waals surface area contributed by atoms with Gasteiger partial charge in [0.05, 0.1) is 11.3 Å². The van der Waals surface area contributed by atoms with E-state index in [9.17, 15) is 22.0 Å². The van der Waals surface area contributed by atoms with Crippen LogP contribution in [0.1, 0.15) is 24.2 Å². The molecular formula is C11H14F2N2O4S. The number of rotatable bonds is 6. The van der Waals surface area contributed by atoms with E-state index in [0.717, 1.165) is 0 Å². The van der Waals surface area contributed by atoms with Crippen molar-refractivity contribution in [1.82, 2.24) is 4.72 Å². The molecule has 0 radical (unpaired) electrons. The summed E-state index contributed by atoms with van der Waals surface area (Å²) in [7, 11) is -4.06. The SMILES string of the molecule is CC(C)CNS(=O)(=O)Nc1cc(C(=O)O)c(F)cc1F. The normalized spacial score (nSPS) is 11.7. The van der Waals surface area contributed by atoms with Gasteiger partial charge in [0.15, 0.2) is 0 Å². The zero-order valence-corrected chi connectivity index (χ0v) is 11.6. The molecule has 6 nitrogen and oxygen atoms in total. The molecule has 0 saturated heterocycles. The minimum absolute atomic E-state index is 0.0271. The first kappa shape index (κ1) is 16.3. The van der Waals surface area contributed by atoms with Crippen LogP contribution in [0.4, 0.5) is 14.5 Å². The Balaban J connectivity index is 3.03. The van der Waals surface area contributed by atoms with Crippen LogP contribution in [-0.2, 0) is 10.2 Å². The average Bonchev–Trinajstić information content (AvgIpc) is 2.29. The Morgan fingerprint density at radius 1 is 1.30 bits per heavy atom. The fourth-order valence-corrected chi connectivity index (χ4v) is 2.32. The Morgan fingerprint density at radius 2 is 1.90 bits per heavy atom. The molecule has 9 heteroatoms. The number of hydrogen-bond acceptors (Lipinski definition) is 3. The first-order valence-electron chi connectivity index (χ1n) is 5.62. The van der Waals surface area contributed by atoms with Crippen LogP contribution in [0.2, 0.25) is 0 Å². The molecule has 0 heterocycles. The van der Waals surface area contributed by atoms with Crippen LogP contribution in [0.5, 0.6) is 0 Å². The quantitative estimate of drug-likeness (QED) is 0.743. The van der Waals surface area contributed by atoms with Gasteiger partial charge >= 0.3 is 5.97 Å². The highest BCUT2D eigenvalue weighted by Gasteiger charge is 2.18. The summed E-state index contributed by atoms with van der Waals surface area (Å²) in [5.41, 5.74) is -1.46. The molecule has 0 amide bonds. The van der Waals surface area contributed by atoms with E-state index in [1.807, 2.05) is 4.72 Å². The van der Waals surface area contributed by atoms with Crippen LogP contribution in [0, 0.1) is 17.6 Å². The fourth-order valence-electron chi connectivity index (χ4n) is 1.25. The molecule has 1 aromatic rings. The van der Waals surface area contributed by atoms with E-state index in [0.29, 0.717) is 12.1 Å². The van der Waals surface area contributed by atoms with Crippen molar-refractivity contribution in [3.63, 3.8) is 0 Å². The second-order valence-electron chi connectivity index (χ2n) is 4.46. The van der Waals surface area contributed by atoms with E-state index in [-0.39, 0.29) is 12.5 Å². The van der Waals surface area contributed by atoms with E-state index >= 15 is 0 Å². The molecule has 0 fully saturated rings. The summed E-state index contributed by atoms with van der Waals surface area (Å²) < 4.78 is 53.7. The maximum absolute atomic E-state index is 13.4. The zero-order valence-electron chi connectivity index (χ0n) is 10.8. The first-order chi connectivity index (χ1) is 9.12. The lowest BCUT2D eigenvalue weighted by atomic mass is 10.2. The Kier molecular flexibility index (Phi) is 5.01. The van der Waals surface area contributed by atoms with Gasteiger partial charge in [0.2, 0.25) is 0 Å². The molecular weight excluding hydrogens is 294 g/mol. The molecule has 0 atom stereocenters. The molecule has 0 saturated carbocycles. The molecule has 0 bridgehead atoms. The number of halogens is 2. The monoisotopic (exact) mass is 308 g/mol. The summed E-state index contributed by atoms with van der Waals surface area (Å²) in [4.78, 5) is 10.7. The molecule has 20 heavy (non-hydrogen) atoms. The molecule has 3 N–H and O–H groups in total. The lowest BCUT2D eigenvalue weighted by Crippen LogP contribution is -2.33. The van der Waals surface area contributed by atoms with Crippen molar-refractivity contribution in [2.45, 2.75) is 13.8 Å². The van der Waals surface area contributed by atoms with Gasteiger partial charge in [-0.05, 0) is 12.0 Å². The van der Waals surface area contributed by atoms with Crippen molar-refractivity contribution < 1.29 is 27.1 Å². The highest BCUT2D eigenvalue weighted by atomic mass is 32.2. The smallest absolute Gasteiger partial charge is 0.338 e. The fraction of sp³-hybridized carbons (Fsp3) is 0.364. The third-order valence-corrected chi connectivity index (χ3v) is 3.25. The lowest BCUT2D eigenvalue weighted by molar-refractivity contribution is 0.0692. The predicted octanol–water partition coefficient (Wildman–Crippen LogP) is 1.57. The first-order valence-corrected chi connectivity index (χ1v) is 7.10. The maximum Gasteiger partial charge on any atom is 0.338 e. The minimum atomic E-state index is -4.06. The van der Waals surface area contributed by atoms with Crippen molar-refractivity contribution >= 4 is 21.9 Å². The van der Waals surface area contributed by atoms with Crippen LogP contribution in [0.15, 0.2) is 12.1 Å². The standard InChI is InChI=1S/C11H14F2N2O4S/c1-6(2)5-14-20(18,19)15-10-3-7(11(16)17)8(12)4-9(10)13/h3-4,6,14-15H,5H2,1-2H3,(H,16,17). The lowest BCUT2D eigenvalue weighted by Gasteiger charge is -2.12. The van der Waals surface area contributed by atoms with E-state index in [1.165, 1.54) is 0 Å². The minimum Gasteiger partial charge on any atom is -0.478 e. The van der Waals surface area contributed by atoms with Crippen LogP contribution in [0.3, 0.4) is 0 Å². The average molecular weight is 308 g/mol. The van der Waals surface area contributed by atoms with Gasteiger partial charge < -0.3 is 5.11 Å². The van der Waals surface area contributed by atoms with E-state index in [2.05, 4.69) is 4.72 Å². The highest BCUT2D eigenvalue weighted by molar-refractivity contribution is 7.90. The second kappa shape index (κ2) is 6.14. The van der Waals surface area contributed by atoms with Crippen molar-refractivity contribution in [1.29, 1.82) is 0 Å². The summed E-state index contributed by atoms with van der Waals surface area (Å²) in [6, 6.07) is 0.894. The summed E-state index contributed by atoms with van der Waals surface area (Å²) in [6.45, 7) is 3.65. The van der Waals surface area contributed by atoms with E-state index < -0.39 is 39.1 Å². The molecule has 1 rings (SSSR count). The maximum atomic E-state index is 13.4. The molecule has 1 aromatic carbocycles. The van der Waals surface area contributed by atoms with Gasteiger partial charge in [-0.25, -0.2) is 13.6 Å². The van der Waals surface area contributed by atoms with Crippen molar-refractivity contribution in [2.75, 3.05) is 11.3 Å². The third kappa shape index (κ3) is 4.42. The molecule has 112 valence electrons. The van der Waals surface area contributed by atoms with E-state index in [4.69, 9.17) is 5.11 Å². The van der Waals surface area contributed by atoms with Crippen LogP contribution >= 0.6 is 0 Å². The number of nitrogens with one attached hydrogen (secondary N) is 2. The van der Waals surface area contributed by atoms with Gasteiger partial charge in [-0.1, -0.05) is 13.8 Å². The van der Waals surface area contributed by atoms with E-state index in [1.54, 1.807) is 13.8 Å². The Morgan fingerprint density at radius 3 is 2.40 bits per heavy atom. The molecule has 0 aliphatic heterocycles. The summed E-state index contributed by atoms with van der Waals surface area (Å²) in [6.07, 6.45) is 0. The predicted molar refractivity (Wildman–Crippen MR) is 68.7 cm³/mol. The van der Waals surface area contributed by atoms with Gasteiger partial charge in [0.1, 0.15) is 11.6 Å². The Bertz CT molecular complexity index is 617. The largest absolute Gasteiger partial charge is 0.478 e. The van der Waals surface area contributed by atoms with Crippen molar-refractivity contribution in [3.05, 3.63) is 29.3 Å². The summed E-state index contributed by atoms with van der Waals surface area (Å²) in [5.74, 6) is -4.09. The van der Waals surface area contributed by atoms with Crippen molar-refractivity contribution in [3.8, 4) is 0 Å². The zero-order chi connectivity index (χ0) is 15.5. The van der Waals surface area contributed by atoms with Gasteiger partial charge in [0.25, 0.3) is 10.2 Å². The number of carbonyl (C=O) groups is 1. The molecule has 0 spiro atoms. The number of carboxylic acids is 1. The van der Waals surface area contributed by atoms with Crippen LogP contribution < -0.4 is 9.44 Å². The summed E-state index contributed by atoms with van der Waals surface area (Å²) in [5, 5.41) is 8.70. The van der Waals surface area contributed by atoms with Gasteiger partial charge in [-0.2, -0.15) is 13.1 Å². The Labute approximate surface area is 115 Å².